The number of aromatic nitrogens is 1. The zero-order chi connectivity index (χ0) is 10.1. The van der Waals surface area contributed by atoms with E-state index >= 15 is 0 Å². The van der Waals surface area contributed by atoms with E-state index in [2.05, 4.69) is 20.9 Å². The van der Waals surface area contributed by atoms with Crippen molar-refractivity contribution in [2.75, 3.05) is 6.54 Å². The van der Waals surface area contributed by atoms with E-state index in [1.165, 1.54) is 0 Å². The van der Waals surface area contributed by atoms with Gasteiger partial charge in [-0.05, 0) is 22.0 Å². The Kier molecular flexibility index (Phi) is 2.39. The van der Waals surface area contributed by atoms with Crippen LogP contribution >= 0.6 is 15.9 Å². The molecule has 0 bridgehead atoms. The van der Waals surface area contributed by atoms with Crippen LogP contribution in [-0.2, 0) is 0 Å². The Morgan fingerprint density at radius 1 is 1.43 bits per heavy atom. The molecule has 4 heteroatoms. The van der Waals surface area contributed by atoms with Crippen LogP contribution in [0.1, 0.15) is 10.4 Å². The van der Waals surface area contributed by atoms with Gasteiger partial charge < -0.3 is 10.7 Å². The molecule has 3 nitrogen and oxygen atoms in total. The monoisotopic (exact) mass is 252 g/mol. The van der Waals surface area contributed by atoms with Gasteiger partial charge in [0.2, 0.25) is 0 Å². The number of carbonyl (C=O) groups excluding carboxylic acids is 1. The van der Waals surface area contributed by atoms with Gasteiger partial charge in [-0.25, -0.2) is 0 Å². The number of fused-ring (bicyclic) bond motifs is 1. The smallest absolute Gasteiger partial charge is 0.179 e. The Balaban J connectivity index is 2.74. The van der Waals surface area contributed by atoms with Crippen LogP contribution in [0.4, 0.5) is 0 Å². The number of aromatic amines is 1. The summed E-state index contributed by atoms with van der Waals surface area (Å²) >= 11 is 3.32. The summed E-state index contributed by atoms with van der Waals surface area (Å²) in [6, 6.07) is 7.64. The minimum atomic E-state index is -0.0608. The first-order valence-corrected chi connectivity index (χ1v) is 5.03. The molecule has 0 saturated heterocycles. The SMILES string of the molecule is NCC(=O)c1c(Br)[nH]c2ccccc12. The van der Waals surface area contributed by atoms with Crippen molar-refractivity contribution in [3.05, 3.63) is 34.4 Å². The number of hydrogen-bond acceptors (Lipinski definition) is 2. The van der Waals surface area contributed by atoms with Crippen LogP contribution in [0.2, 0.25) is 0 Å². The third kappa shape index (κ3) is 1.36. The molecule has 0 unspecified atom stereocenters. The number of nitrogens with one attached hydrogen (secondary N) is 1. The van der Waals surface area contributed by atoms with Gasteiger partial charge in [-0.15, -0.1) is 0 Å². The molecular weight excluding hydrogens is 244 g/mol. The van der Waals surface area contributed by atoms with Gasteiger partial charge in [0.25, 0.3) is 0 Å². The summed E-state index contributed by atoms with van der Waals surface area (Å²) in [6.45, 7) is 0.0282. The number of rotatable bonds is 2. The molecule has 0 fully saturated rings. The third-order valence-corrected chi connectivity index (χ3v) is 2.72. The molecule has 0 spiro atoms. The molecule has 3 N–H and O–H groups in total. The topological polar surface area (TPSA) is 58.9 Å². The predicted molar refractivity (Wildman–Crippen MR) is 59.4 cm³/mol. The molecule has 0 saturated carbocycles. The van der Waals surface area contributed by atoms with Gasteiger partial charge in [0.1, 0.15) is 0 Å². The van der Waals surface area contributed by atoms with Crippen LogP contribution in [0.5, 0.6) is 0 Å². The van der Waals surface area contributed by atoms with Crippen molar-refractivity contribution in [2.45, 2.75) is 0 Å². The average molecular weight is 253 g/mol. The van der Waals surface area contributed by atoms with E-state index < -0.39 is 0 Å². The summed E-state index contributed by atoms with van der Waals surface area (Å²) in [4.78, 5) is 14.6. The van der Waals surface area contributed by atoms with Crippen molar-refractivity contribution in [3.63, 3.8) is 0 Å². The molecule has 0 aliphatic rings. The first kappa shape index (κ1) is 9.43. The molecule has 0 radical (unpaired) electrons. The van der Waals surface area contributed by atoms with Crippen LogP contribution in [-0.4, -0.2) is 17.3 Å². The highest BCUT2D eigenvalue weighted by Crippen LogP contribution is 2.26. The number of carbonyl (C=O) groups is 1. The number of para-hydroxylation sites is 1. The Morgan fingerprint density at radius 3 is 2.86 bits per heavy atom. The molecule has 72 valence electrons. The van der Waals surface area contributed by atoms with Crippen LogP contribution in [0, 0.1) is 0 Å². The quantitative estimate of drug-likeness (QED) is 0.805. The van der Waals surface area contributed by atoms with E-state index in [0.29, 0.717) is 10.2 Å². The normalized spacial score (nSPS) is 10.7. The van der Waals surface area contributed by atoms with Crippen LogP contribution in [0.15, 0.2) is 28.9 Å². The van der Waals surface area contributed by atoms with Gasteiger partial charge in [-0.1, -0.05) is 18.2 Å². The molecule has 2 aromatic rings. The Bertz CT molecular complexity index is 490. The number of ketones is 1. The van der Waals surface area contributed by atoms with E-state index in [1.54, 1.807) is 0 Å². The molecule has 14 heavy (non-hydrogen) atoms. The second-order valence-electron chi connectivity index (χ2n) is 2.99. The molecule has 1 heterocycles. The summed E-state index contributed by atoms with van der Waals surface area (Å²) in [5, 5.41) is 0.912. The van der Waals surface area contributed by atoms with Gasteiger partial charge in [0.15, 0.2) is 5.78 Å². The number of H-pyrrole nitrogens is 1. The number of benzene rings is 1. The molecule has 0 aliphatic carbocycles. The van der Waals surface area contributed by atoms with E-state index in [-0.39, 0.29) is 12.3 Å². The standard InChI is InChI=1S/C10H9BrN2O/c11-10-9(8(14)5-12)6-3-1-2-4-7(6)13-10/h1-4,13H,5,12H2. The van der Waals surface area contributed by atoms with Gasteiger partial charge in [-0.3, -0.25) is 4.79 Å². The summed E-state index contributed by atoms with van der Waals surface area (Å²) in [6.07, 6.45) is 0. The summed E-state index contributed by atoms with van der Waals surface area (Å²) in [5.41, 5.74) is 6.92. The van der Waals surface area contributed by atoms with Gasteiger partial charge >= 0.3 is 0 Å². The van der Waals surface area contributed by atoms with E-state index in [1.807, 2.05) is 24.3 Å². The number of nitrogens with two attached hydrogens (primary N) is 1. The lowest BCUT2D eigenvalue weighted by Crippen LogP contribution is -2.13. The highest BCUT2D eigenvalue weighted by Gasteiger charge is 2.14. The maximum Gasteiger partial charge on any atom is 0.179 e. The fourth-order valence-corrected chi connectivity index (χ4v) is 2.13. The molecular formula is C10H9BrN2O. The fraction of sp³-hybridized carbons (Fsp3) is 0.100. The summed E-state index contributed by atoms with van der Waals surface area (Å²) in [5.74, 6) is -0.0608. The van der Waals surface area contributed by atoms with Crippen molar-refractivity contribution >= 4 is 32.6 Å². The molecule has 0 amide bonds. The van der Waals surface area contributed by atoms with Gasteiger partial charge in [-0.2, -0.15) is 0 Å². The van der Waals surface area contributed by atoms with E-state index in [9.17, 15) is 4.79 Å². The molecule has 0 aliphatic heterocycles. The number of Topliss-reactive ketones (excluding diaryl/α,β-unsaturated/α-hetero) is 1. The maximum atomic E-state index is 11.5. The average Bonchev–Trinajstić information content (AvgIpc) is 2.53. The van der Waals surface area contributed by atoms with Crippen molar-refractivity contribution in [1.82, 2.24) is 4.98 Å². The predicted octanol–water partition coefficient (Wildman–Crippen LogP) is 2.07. The third-order valence-electron chi connectivity index (χ3n) is 2.12. The number of hydrogen-bond donors (Lipinski definition) is 2. The van der Waals surface area contributed by atoms with Crippen molar-refractivity contribution < 1.29 is 4.79 Å². The Labute approximate surface area is 89.4 Å². The number of halogens is 1. The highest BCUT2D eigenvalue weighted by atomic mass is 79.9. The van der Waals surface area contributed by atoms with Crippen molar-refractivity contribution in [2.24, 2.45) is 5.73 Å². The maximum absolute atomic E-state index is 11.5. The lowest BCUT2D eigenvalue weighted by atomic mass is 10.1. The molecule has 2 rings (SSSR count). The summed E-state index contributed by atoms with van der Waals surface area (Å²) < 4.78 is 0.703. The van der Waals surface area contributed by atoms with Crippen molar-refractivity contribution in [3.8, 4) is 0 Å². The van der Waals surface area contributed by atoms with Crippen molar-refractivity contribution in [1.29, 1.82) is 0 Å². The minimum Gasteiger partial charge on any atom is -0.349 e. The van der Waals surface area contributed by atoms with Gasteiger partial charge in [0, 0.05) is 10.9 Å². The van der Waals surface area contributed by atoms with Crippen LogP contribution in [0.3, 0.4) is 0 Å². The zero-order valence-electron chi connectivity index (χ0n) is 7.38. The van der Waals surface area contributed by atoms with E-state index in [0.717, 1.165) is 10.9 Å². The van der Waals surface area contributed by atoms with Gasteiger partial charge in [0.05, 0.1) is 16.7 Å². The second-order valence-corrected chi connectivity index (χ2v) is 3.78. The van der Waals surface area contributed by atoms with Crippen LogP contribution < -0.4 is 5.73 Å². The fourth-order valence-electron chi connectivity index (χ4n) is 1.48. The minimum absolute atomic E-state index is 0.0282. The molecule has 1 aromatic carbocycles. The second kappa shape index (κ2) is 3.55. The first-order valence-electron chi connectivity index (χ1n) is 4.23. The summed E-state index contributed by atoms with van der Waals surface area (Å²) in [7, 11) is 0. The first-order chi connectivity index (χ1) is 6.74. The lowest BCUT2D eigenvalue weighted by Gasteiger charge is -1.95. The molecule has 1 aromatic heterocycles. The Morgan fingerprint density at radius 2 is 2.14 bits per heavy atom. The van der Waals surface area contributed by atoms with Crippen LogP contribution in [0.25, 0.3) is 10.9 Å². The Hall–Kier alpha value is -1.13. The van der Waals surface area contributed by atoms with E-state index in [4.69, 9.17) is 5.73 Å². The molecule has 0 atom stereocenters. The lowest BCUT2D eigenvalue weighted by molar-refractivity contribution is 0.100. The zero-order valence-corrected chi connectivity index (χ0v) is 8.97. The highest BCUT2D eigenvalue weighted by molar-refractivity contribution is 9.10. The largest absolute Gasteiger partial charge is 0.349 e.